The summed E-state index contributed by atoms with van der Waals surface area (Å²) in [7, 11) is 3.26. The van der Waals surface area contributed by atoms with Crippen LogP contribution in [0.15, 0.2) is 24.5 Å². The van der Waals surface area contributed by atoms with Gasteiger partial charge in [-0.05, 0) is 18.9 Å². The molecular weight excluding hydrogens is 374 g/mol. The Morgan fingerprint density at radius 1 is 1.10 bits per heavy atom. The first-order valence-electron chi connectivity index (χ1n) is 9.46. The van der Waals surface area contributed by atoms with Crippen LogP contribution in [0, 0.1) is 0 Å². The van der Waals surface area contributed by atoms with Crippen molar-refractivity contribution < 1.29 is 9.47 Å². The molecule has 0 aromatic carbocycles. The number of nitrogens with zero attached hydrogens (tertiary/aromatic N) is 9. The van der Waals surface area contributed by atoms with Crippen LogP contribution in [0.4, 0.5) is 5.82 Å². The maximum atomic E-state index is 5.25. The molecule has 0 bridgehead atoms. The Kier molecular flexibility index (Phi) is 4.43. The van der Waals surface area contributed by atoms with E-state index in [0.29, 0.717) is 18.3 Å². The first kappa shape index (κ1) is 17.7. The van der Waals surface area contributed by atoms with Crippen molar-refractivity contribution in [2.24, 2.45) is 0 Å². The number of ether oxygens (including phenoxy) is 2. The van der Waals surface area contributed by atoms with Crippen LogP contribution in [-0.2, 0) is 11.3 Å². The summed E-state index contributed by atoms with van der Waals surface area (Å²) in [6.07, 6.45) is 3.38. The average molecular weight is 395 g/mol. The van der Waals surface area contributed by atoms with Crippen LogP contribution in [-0.4, -0.2) is 66.7 Å². The fourth-order valence-corrected chi connectivity index (χ4v) is 3.81. The third-order valence-electron chi connectivity index (χ3n) is 5.23. The van der Waals surface area contributed by atoms with E-state index in [4.69, 9.17) is 9.47 Å². The quantitative estimate of drug-likeness (QED) is 0.491. The van der Waals surface area contributed by atoms with E-state index >= 15 is 0 Å². The molecule has 1 fully saturated rings. The van der Waals surface area contributed by atoms with Crippen LogP contribution in [0.2, 0.25) is 0 Å². The molecule has 0 radical (unpaired) electrons. The maximum Gasteiger partial charge on any atom is 0.254 e. The molecule has 0 atom stereocenters. The summed E-state index contributed by atoms with van der Waals surface area (Å²) in [6, 6.07) is 5.68. The van der Waals surface area contributed by atoms with E-state index in [-0.39, 0.29) is 5.92 Å². The molecule has 29 heavy (non-hydrogen) atoms. The number of hydrogen-bond donors (Lipinski definition) is 0. The summed E-state index contributed by atoms with van der Waals surface area (Å²) in [4.78, 5) is 11.0. The van der Waals surface area contributed by atoms with Gasteiger partial charge in [-0.2, -0.15) is 19.1 Å². The Balaban J connectivity index is 1.40. The minimum Gasteiger partial charge on any atom is -0.480 e. The predicted octanol–water partition coefficient (Wildman–Crippen LogP) is 1.10. The van der Waals surface area contributed by atoms with Crippen LogP contribution in [0.5, 0.6) is 5.88 Å². The van der Waals surface area contributed by atoms with Gasteiger partial charge in [-0.25, -0.2) is 4.98 Å². The summed E-state index contributed by atoms with van der Waals surface area (Å²) < 4.78 is 14.1. The number of hydrogen-bond acceptors (Lipinski definition) is 9. The maximum absolute atomic E-state index is 5.25. The molecule has 0 N–H and O–H groups in total. The fraction of sp³-hybridized carbons (Fsp3) is 0.444. The van der Waals surface area contributed by atoms with E-state index in [9.17, 15) is 0 Å². The van der Waals surface area contributed by atoms with Gasteiger partial charge in [0.05, 0.1) is 19.4 Å². The lowest BCUT2D eigenvalue weighted by molar-refractivity contribution is 0.181. The predicted molar refractivity (Wildman–Crippen MR) is 103 cm³/mol. The average Bonchev–Trinajstić information content (AvgIpc) is 3.40. The molecule has 4 aromatic heterocycles. The van der Waals surface area contributed by atoms with E-state index in [1.54, 1.807) is 29.3 Å². The SMILES string of the molecule is COCc1cc(N2CCC(c3nnc4ccc(OC)nn34)CC2)n2ncnc2n1. The molecule has 11 nitrogen and oxygen atoms in total. The minimum atomic E-state index is 0.271. The number of fused-ring (bicyclic) bond motifs is 2. The summed E-state index contributed by atoms with van der Waals surface area (Å²) in [5, 5.41) is 17.5. The highest BCUT2D eigenvalue weighted by Crippen LogP contribution is 2.30. The molecule has 4 aromatic rings. The molecule has 1 aliphatic heterocycles. The molecule has 0 unspecified atom stereocenters. The number of aromatic nitrogens is 8. The molecule has 5 heterocycles. The molecule has 0 saturated carbocycles. The molecule has 1 aliphatic rings. The van der Waals surface area contributed by atoms with E-state index in [1.807, 2.05) is 12.1 Å². The molecule has 5 rings (SSSR count). The largest absolute Gasteiger partial charge is 0.480 e. The van der Waals surface area contributed by atoms with Gasteiger partial charge < -0.3 is 14.4 Å². The highest BCUT2D eigenvalue weighted by atomic mass is 16.5. The molecule has 0 aliphatic carbocycles. The van der Waals surface area contributed by atoms with Gasteiger partial charge >= 0.3 is 0 Å². The van der Waals surface area contributed by atoms with Crippen molar-refractivity contribution in [2.45, 2.75) is 25.4 Å². The van der Waals surface area contributed by atoms with Crippen LogP contribution < -0.4 is 9.64 Å². The highest BCUT2D eigenvalue weighted by molar-refractivity contribution is 5.48. The molecule has 1 saturated heterocycles. The van der Waals surface area contributed by atoms with Gasteiger partial charge in [0.15, 0.2) is 11.5 Å². The number of methoxy groups -OCH3 is 2. The molecule has 11 heteroatoms. The van der Waals surface area contributed by atoms with Gasteiger partial charge in [-0.1, -0.05) is 0 Å². The van der Waals surface area contributed by atoms with Crippen LogP contribution in [0.25, 0.3) is 11.4 Å². The third kappa shape index (κ3) is 3.12. The highest BCUT2D eigenvalue weighted by Gasteiger charge is 2.27. The van der Waals surface area contributed by atoms with E-state index < -0.39 is 0 Å². The zero-order chi connectivity index (χ0) is 19.8. The van der Waals surface area contributed by atoms with Crippen LogP contribution in [0.3, 0.4) is 0 Å². The monoisotopic (exact) mass is 395 g/mol. The van der Waals surface area contributed by atoms with Gasteiger partial charge in [0, 0.05) is 38.2 Å². The molecule has 0 amide bonds. The summed E-state index contributed by atoms with van der Waals surface area (Å²) in [6.45, 7) is 2.15. The smallest absolute Gasteiger partial charge is 0.254 e. The van der Waals surface area contributed by atoms with Crippen molar-refractivity contribution in [2.75, 3.05) is 32.2 Å². The van der Waals surface area contributed by atoms with Crippen molar-refractivity contribution in [1.29, 1.82) is 0 Å². The third-order valence-corrected chi connectivity index (χ3v) is 5.23. The zero-order valence-electron chi connectivity index (χ0n) is 16.3. The normalized spacial score (nSPS) is 15.4. The lowest BCUT2D eigenvalue weighted by atomic mass is 9.96. The standard InChI is InChI=1S/C18H21N9O2/c1-28-10-13-9-16(27-18(21-13)19-11-20-27)25-7-5-12(6-8-25)17-23-22-14-3-4-15(29-2)24-26(14)17/h3-4,9,11-12H,5-8,10H2,1-2H3. The van der Waals surface area contributed by atoms with Crippen LogP contribution in [0.1, 0.15) is 30.3 Å². The lowest BCUT2D eigenvalue weighted by Crippen LogP contribution is -2.35. The van der Waals surface area contributed by atoms with Crippen molar-refractivity contribution in [1.82, 2.24) is 39.4 Å². The summed E-state index contributed by atoms with van der Waals surface area (Å²) in [5.74, 6) is 3.25. The Morgan fingerprint density at radius 2 is 1.97 bits per heavy atom. The Bertz CT molecular complexity index is 1150. The van der Waals surface area contributed by atoms with Crippen molar-refractivity contribution >= 4 is 17.2 Å². The van der Waals surface area contributed by atoms with Crippen molar-refractivity contribution in [3.63, 3.8) is 0 Å². The first-order valence-corrected chi connectivity index (χ1v) is 9.46. The van der Waals surface area contributed by atoms with Crippen molar-refractivity contribution in [3.05, 3.63) is 36.0 Å². The van der Waals surface area contributed by atoms with Gasteiger partial charge in [-0.3, -0.25) is 0 Å². The molecule has 150 valence electrons. The van der Waals surface area contributed by atoms with Gasteiger partial charge in [0.1, 0.15) is 12.1 Å². The number of anilines is 1. The second kappa shape index (κ2) is 7.24. The van der Waals surface area contributed by atoms with Crippen LogP contribution >= 0.6 is 0 Å². The summed E-state index contributed by atoms with van der Waals surface area (Å²) in [5.41, 5.74) is 1.57. The number of piperidine rings is 1. The topological polar surface area (TPSA) is 108 Å². The Labute approximate surface area is 166 Å². The van der Waals surface area contributed by atoms with Gasteiger partial charge in [0.2, 0.25) is 5.88 Å². The van der Waals surface area contributed by atoms with Gasteiger partial charge in [0.25, 0.3) is 5.78 Å². The first-order chi connectivity index (χ1) is 14.3. The van der Waals surface area contributed by atoms with E-state index in [1.165, 1.54) is 6.33 Å². The second-order valence-corrected chi connectivity index (χ2v) is 6.98. The van der Waals surface area contributed by atoms with E-state index in [2.05, 4.69) is 35.3 Å². The summed E-state index contributed by atoms with van der Waals surface area (Å²) >= 11 is 0. The number of rotatable bonds is 5. The Hall–Kier alpha value is -3.34. The molecular formula is C18H21N9O2. The van der Waals surface area contributed by atoms with Gasteiger partial charge in [-0.15, -0.1) is 15.3 Å². The lowest BCUT2D eigenvalue weighted by Gasteiger charge is -2.32. The van der Waals surface area contributed by atoms with E-state index in [0.717, 1.165) is 48.9 Å². The Morgan fingerprint density at radius 3 is 2.76 bits per heavy atom. The fourth-order valence-electron chi connectivity index (χ4n) is 3.81. The second-order valence-electron chi connectivity index (χ2n) is 6.98. The molecule has 0 spiro atoms. The minimum absolute atomic E-state index is 0.271. The van der Waals surface area contributed by atoms with Crippen molar-refractivity contribution in [3.8, 4) is 5.88 Å². The zero-order valence-corrected chi connectivity index (χ0v) is 16.3.